The molecule has 1 aliphatic rings. The molecule has 1 fully saturated rings. The summed E-state index contributed by atoms with van der Waals surface area (Å²) in [7, 11) is 0. The van der Waals surface area contributed by atoms with Gasteiger partial charge in [0, 0.05) is 16.6 Å². The lowest BCUT2D eigenvalue weighted by Crippen LogP contribution is -2.20. The fourth-order valence-electron chi connectivity index (χ4n) is 2.22. The van der Waals surface area contributed by atoms with Crippen molar-refractivity contribution in [2.24, 2.45) is 0 Å². The molecule has 3 heteroatoms. The van der Waals surface area contributed by atoms with Crippen LogP contribution in [0.15, 0.2) is 22.7 Å². The van der Waals surface area contributed by atoms with Crippen molar-refractivity contribution in [3.05, 3.63) is 28.2 Å². The molecule has 0 saturated carbocycles. The second kappa shape index (κ2) is 5.87. The summed E-state index contributed by atoms with van der Waals surface area (Å²) in [4.78, 5) is 2.49. The van der Waals surface area contributed by atoms with Gasteiger partial charge in [-0.25, -0.2) is 0 Å². The zero-order valence-corrected chi connectivity index (χ0v) is 12.2. The van der Waals surface area contributed by atoms with Gasteiger partial charge in [0.05, 0.1) is 6.10 Å². The monoisotopic (exact) mass is 297 g/mol. The lowest BCUT2D eigenvalue weighted by Gasteiger charge is -2.20. The topological polar surface area (TPSA) is 12.5 Å². The molecular formula is C14H20BrNO. The van der Waals surface area contributed by atoms with Crippen molar-refractivity contribution in [2.45, 2.75) is 39.3 Å². The minimum Gasteiger partial charge on any atom is -0.491 e. The minimum absolute atomic E-state index is 0.224. The van der Waals surface area contributed by atoms with Gasteiger partial charge in [-0.05, 0) is 51.9 Å². The summed E-state index contributed by atoms with van der Waals surface area (Å²) in [5, 5.41) is 0. The summed E-state index contributed by atoms with van der Waals surface area (Å²) in [5.74, 6) is 1.02. The molecule has 1 heterocycles. The predicted molar refractivity (Wildman–Crippen MR) is 74.4 cm³/mol. The van der Waals surface area contributed by atoms with Crippen molar-refractivity contribution in [3.8, 4) is 5.75 Å². The largest absolute Gasteiger partial charge is 0.491 e. The van der Waals surface area contributed by atoms with Crippen LogP contribution in [0.3, 0.4) is 0 Å². The Kier molecular flexibility index (Phi) is 4.46. The Morgan fingerprint density at radius 3 is 2.65 bits per heavy atom. The molecule has 0 aliphatic carbocycles. The van der Waals surface area contributed by atoms with Crippen molar-refractivity contribution in [1.82, 2.24) is 4.90 Å². The molecule has 0 amide bonds. The summed E-state index contributed by atoms with van der Waals surface area (Å²) < 4.78 is 7.03. The van der Waals surface area contributed by atoms with Crippen LogP contribution in [0.2, 0.25) is 0 Å². The van der Waals surface area contributed by atoms with E-state index >= 15 is 0 Å². The molecule has 0 unspecified atom stereocenters. The Balaban J connectivity index is 2.17. The first kappa shape index (κ1) is 12.9. The molecule has 0 radical (unpaired) electrons. The van der Waals surface area contributed by atoms with Gasteiger partial charge in [0.15, 0.2) is 0 Å². The van der Waals surface area contributed by atoms with E-state index in [9.17, 15) is 0 Å². The van der Waals surface area contributed by atoms with E-state index in [-0.39, 0.29) is 6.10 Å². The highest BCUT2D eigenvalue weighted by molar-refractivity contribution is 9.10. The van der Waals surface area contributed by atoms with E-state index in [1.165, 1.54) is 31.5 Å². The highest BCUT2D eigenvalue weighted by Crippen LogP contribution is 2.29. The standard InChI is InChI=1S/C14H20BrNO/c1-11(2)17-14-7-5-6-13(15)12(14)10-16-8-3-4-9-16/h5-7,11H,3-4,8-10H2,1-2H3. The number of rotatable bonds is 4. The van der Waals surface area contributed by atoms with E-state index in [0.717, 1.165) is 16.8 Å². The number of hydrogen-bond donors (Lipinski definition) is 0. The van der Waals surface area contributed by atoms with Crippen molar-refractivity contribution < 1.29 is 4.74 Å². The minimum atomic E-state index is 0.224. The molecule has 1 aromatic rings. The molecular weight excluding hydrogens is 278 g/mol. The highest BCUT2D eigenvalue weighted by Gasteiger charge is 2.16. The first-order chi connectivity index (χ1) is 8.16. The van der Waals surface area contributed by atoms with Crippen LogP contribution in [-0.4, -0.2) is 24.1 Å². The summed E-state index contributed by atoms with van der Waals surface area (Å²) >= 11 is 3.64. The van der Waals surface area contributed by atoms with Gasteiger partial charge in [-0.3, -0.25) is 4.90 Å². The Labute approximate surface area is 112 Å². The zero-order chi connectivity index (χ0) is 12.3. The Bertz CT molecular complexity index is 372. The molecule has 1 aromatic carbocycles. The van der Waals surface area contributed by atoms with Gasteiger partial charge in [0.25, 0.3) is 0 Å². The number of nitrogens with zero attached hydrogens (tertiary/aromatic N) is 1. The zero-order valence-electron chi connectivity index (χ0n) is 10.6. The lowest BCUT2D eigenvalue weighted by molar-refractivity contribution is 0.233. The van der Waals surface area contributed by atoms with Crippen LogP contribution in [0.4, 0.5) is 0 Å². The molecule has 1 aliphatic heterocycles. The van der Waals surface area contributed by atoms with Gasteiger partial charge in [-0.1, -0.05) is 22.0 Å². The van der Waals surface area contributed by atoms with Crippen LogP contribution >= 0.6 is 15.9 Å². The lowest BCUT2D eigenvalue weighted by atomic mass is 10.2. The van der Waals surface area contributed by atoms with Gasteiger partial charge >= 0.3 is 0 Å². The fraction of sp³-hybridized carbons (Fsp3) is 0.571. The van der Waals surface area contributed by atoms with Crippen molar-refractivity contribution >= 4 is 15.9 Å². The average molecular weight is 298 g/mol. The van der Waals surface area contributed by atoms with E-state index in [1.54, 1.807) is 0 Å². The molecule has 2 nitrogen and oxygen atoms in total. The van der Waals surface area contributed by atoms with Gasteiger partial charge in [-0.15, -0.1) is 0 Å². The Morgan fingerprint density at radius 1 is 1.29 bits per heavy atom. The third kappa shape index (κ3) is 3.46. The third-order valence-corrected chi connectivity index (χ3v) is 3.76. The first-order valence-electron chi connectivity index (χ1n) is 6.33. The van der Waals surface area contributed by atoms with Gasteiger partial charge < -0.3 is 4.74 Å². The third-order valence-electron chi connectivity index (χ3n) is 3.02. The predicted octanol–water partition coefficient (Wildman–Crippen LogP) is 3.83. The average Bonchev–Trinajstić information content (AvgIpc) is 2.75. The van der Waals surface area contributed by atoms with Crippen molar-refractivity contribution in [3.63, 3.8) is 0 Å². The summed E-state index contributed by atoms with van der Waals surface area (Å²) in [6, 6.07) is 6.20. The molecule has 0 bridgehead atoms. The normalized spacial score (nSPS) is 16.7. The van der Waals surface area contributed by atoms with E-state index in [4.69, 9.17) is 4.74 Å². The molecule has 94 valence electrons. The number of halogens is 1. The maximum atomic E-state index is 5.88. The Morgan fingerprint density at radius 2 is 2.00 bits per heavy atom. The van der Waals surface area contributed by atoms with Crippen LogP contribution in [0.1, 0.15) is 32.3 Å². The first-order valence-corrected chi connectivity index (χ1v) is 7.12. The second-order valence-corrected chi connectivity index (χ2v) is 5.72. The number of ether oxygens (including phenoxy) is 1. The van der Waals surface area contributed by atoms with E-state index in [2.05, 4.69) is 46.8 Å². The molecule has 0 spiro atoms. The summed E-state index contributed by atoms with van der Waals surface area (Å²) in [5.41, 5.74) is 1.28. The SMILES string of the molecule is CC(C)Oc1cccc(Br)c1CN1CCCC1. The molecule has 1 saturated heterocycles. The van der Waals surface area contributed by atoms with E-state index < -0.39 is 0 Å². The van der Waals surface area contributed by atoms with E-state index in [0.29, 0.717) is 0 Å². The number of likely N-dealkylation sites (tertiary alicyclic amines) is 1. The van der Waals surface area contributed by atoms with Crippen LogP contribution in [0.25, 0.3) is 0 Å². The van der Waals surface area contributed by atoms with Gasteiger partial charge in [-0.2, -0.15) is 0 Å². The van der Waals surface area contributed by atoms with Crippen LogP contribution < -0.4 is 4.74 Å². The maximum absolute atomic E-state index is 5.88. The molecule has 0 N–H and O–H groups in total. The van der Waals surface area contributed by atoms with Crippen molar-refractivity contribution in [2.75, 3.05) is 13.1 Å². The number of benzene rings is 1. The van der Waals surface area contributed by atoms with Gasteiger partial charge in [0.1, 0.15) is 5.75 Å². The van der Waals surface area contributed by atoms with Crippen LogP contribution in [0, 0.1) is 0 Å². The summed E-state index contributed by atoms with van der Waals surface area (Å²) in [6.07, 6.45) is 2.87. The summed E-state index contributed by atoms with van der Waals surface area (Å²) in [6.45, 7) is 7.55. The highest BCUT2D eigenvalue weighted by atomic mass is 79.9. The van der Waals surface area contributed by atoms with Crippen molar-refractivity contribution in [1.29, 1.82) is 0 Å². The smallest absolute Gasteiger partial charge is 0.125 e. The molecule has 17 heavy (non-hydrogen) atoms. The fourth-order valence-corrected chi connectivity index (χ4v) is 2.69. The molecule has 0 atom stereocenters. The Hall–Kier alpha value is -0.540. The van der Waals surface area contributed by atoms with E-state index in [1.807, 2.05) is 6.07 Å². The molecule has 2 rings (SSSR count). The van der Waals surface area contributed by atoms with Crippen LogP contribution in [-0.2, 0) is 6.54 Å². The van der Waals surface area contributed by atoms with Gasteiger partial charge in [0.2, 0.25) is 0 Å². The number of hydrogen-bond acceptors (Lipinski definition) is 2. The van der Waals surface area contributed by atoms with Crippen LogP contribution in [0.5, 0.6) is 5.75 Å². The quantitative estimate of drug-likeness (QED) is 0.837. The maximum Gasteiger partial charge on any atom is 0.125 e. The second-order valence-electron chi connectivity index (χ2n) is 4.87. The molecule has 0 aromatic heterocycles.